The van der Waals surface area contributed by atoms with Gasteiger partial charge in [0.05, 0.1) is 6.61 Å². The van der Waals surface area contributed by atoms with Crippen LogP contribution < -0.4 is 14.8 Å². The van der Waals surface area contributed by atoms with Crippen LogP contribution in [0.3, 0.4) is 0 Å². The second-order valence-corrected chi connectivity index (χ2v) is 8.58. The van der Waals surface area contributed by atoms with Gasteiger partial charge in [-0.1, -0.05) is 62.6 Å². The molecule has 0 spiro atoms. The van der Waals surface area contributed by atoms with Crippen molar-refractivity contribution in [3.05, 3.63) is 58.6 Å². The normalized spacial score (nSPS) is 11.2. The minimum Gasteiger partial charge on any atom is -0.490 e. The molecule has 0 fully saturated rings. The molecular weight excluding hydrogens is 420 g/mol. The monoisotopic (exact) mass is 460 g/mol. The average Bonchev–Trinajstić information content (AvgIpc) is 2.80. The molecule has 178 valence electrons. The zero-order valence-corrected chi connectivity index (χ0v) is 20.9. The fraction of sp³-hybridized carbons (Fsp3) is 0.556. The van der Waals surface area contributed by atoms with E-state index in [9.17, 15) is 0 Å². The van der Waals surface area contributed by atoms with Crippen LogP contribution in [0.1, 0.15) is 64.0 Å². The third-order valence-electron chi connectivity index (χ3n) is 5.46. The van der Waals surface area contributed by atoms with Crippen molar-refractivity contribution in [1.29, 1.82) is 0 Å². The Morgan fingerprint density at radius 3 is 2.25 bits per heavy atom. The van der Waals surface area contributed by atoms with Gasteiger partial charge < -0.3 is 19.7 Å². The van der Waals surface area contributed by atoms with Crippen LogP contribution in [0.15, 0.2) is 42.5 Å². The van der Waals surface area contributed by atoms with Gasteiger partial charge in [-0.25, -0.2) is 0 Å². The van der Waals surface area contributed by atoms with Crippen molar-refractivity contribution in [3.8, 4) is 11.5 Å². The number of ether oxygens (including phenoxy) is 2. The Hall–Kier alpha value is -1.75. The number of nitrogens with zero attached hydrogens (tertiary/aromatic N) is 1. The van der Waals surface area contributed by atoms with E-state index in [1.54, 1.807) is 0 Å². The lowest BCUT2D eigenvalue weighted by Crippen LogP contribution is -2.29. The van der Waals surface area contributed by atoms with Crippen molar-refractivity contribution in [1.82, 2.24) is 10.2 Å². The largest absolute Gasteiger partial charge is 0.490 e. The molecule has 0 aliphatic carbocycles. The highest BCUT2D eigenvalue weighted by Crippen LogP contribution is 2.30. The van der Waals surface area contributed by atoms with Crippen LogP contribution in [0.25, 0.3) is 0 Å². The fourth-order valence-corrected chi connectivity index (χ4v) is 3.77. The molecule has 0 radical (unpaired) electrons. The van der Waals surface area contributed by atoms with Gasteiger partial charge in [0.15, 0.2) is 11.5 Å². The average molecular weight is 461 g/mol. The Morgan fingerprint density at radius 1 is 0.844 bits per heavy atom. The Kier molecular flexibility index (Phi) is 13.2. The first-order valence-electron chi connectivity index (χ1n) is 12.2. The number of unbranched alkanes of at least 4 members (excludes halogenated alkanes) is 2. The summed E-state index contributed by atoms with van der Waals surface area (Å²) in [5, 5.41) is 4.30. The predicted molar refractivity (Wildman–Crippen MR) is 136 cm³/mol. The lowest BCUT2D eigenvalue weighted by atomic mass is 10.2. The molecule has 0 heterocycles. The highest BCUT2D eigenvalue weighted by atomic mass is 35.5. The number of hydrogen-bond acceptors (Lipinski definition) is 4. The molecular formula is C27H41ClN2O2. The van der Waals surface area contributed by atoms with Crippen LogP contribution in [-0.4, -0.2) is 37.7 Å². The molecule has 2 rings (SSSR count). The summed E-state index contributed by atoms with van der Waals surface area (Å²) >= 11 is 6.25. The van der Waals surface area contributed by atoms with Crippen LogP contribution in [0.4, 0.5) is 0 Å². The summed E-state index contributed by atoms with van der Waals surface area (Å²) in [5.41, 5.74) is 2.17. The lowest BCUT2D eigenvalue weighted by molar-refractivity contribution is 0.261. The summed E-state index contributed by atoms with van der Waals surface area (Å²) in [7, 11) is 0. The molecule has 32 heavy (non-hydrogen) atoms. The van der Waals surface area contributed by atoms with Gasteiger partial charge in [0.2, 0.25) is 0 Å². The van der Waals surface area contributed by atoms with E-state index in [1.807, 2.05) is 37.3 Å². The minimum atomic E-state index is 0.421. The van der Waals surface area contributed by atoms with E-state index in [-0.39, 0.29) is 0 Å². The van der Waals surface area contributed by atoms with Crippen LogP contribution >= 0.6 is 11.6 Å². The predicted octanol–water partition coefficient (Wildman–Crippen LogP) is 6.70. The number of halogens is 1. The van der Waals surface area contributed by atoms with Crippen LogP contribution in [0.2, 0.25) is 5.02 Å². The summed E-state index contributed by atoms with van der Waals surface area (Å²) < 4.78 is 11.8. The van der Waals surface area contributed by atoms with E-state index in [2.05, 4.69) is 36.2 Å². The van der Waals surface area contributed by atoms with Gasteiger partial charge in [0.25, 0.3) is 0 Å². The first kappa shape index (κ1) is 26.5. The highest BCUT2D eigenvalue weighted by molar-refractivity contribution is 6.31. The SMILES string of the molecule is CCCCN(CCCC)CCCNCc1ccc(OCc2ccccc2Cl)c(OCC)c1. The Balaban J connectivity index is 1.81. The van der Waals surface area contributed by atoms with Gasteiger partial charge in [-0.3, -0.25) is 0 Å². The minimum absolute atomic E-state index is 0.421. The van der Waals surface area contributed by atoms with E-state index >= 15 is 0 Å². The van der Waals surface area contributed by atoms with E-state index in [4.69, 9.17) is 21.1 Å². The van der Waals surface area contributed by atoms with E-state index in [1.165, 1.54) is 57.3 Å². The van der Waals surface area contributed by atoms with Gasteiger partial charge in [0, 0.05) is 17.1 Å². The van der Waals surface area contributed by atoms with Crippen molar-refractivity contribution in [2.45, 2.75) is 66.0 Å². The van der Waals surface area contributed by atoms with Crippen LogP contribution in [0.5, 0.6) is 11.5 Å². The Morgan fingerprint density at radius 2 is 1.56 bits per heavy atom. The zero-order valence-electron chi connectivity index (χ0n) is 20.2. The molecule has 0 aliphatic rings. The maximum atomic E-state index is 6.25. The molecule has 1 N–H and O–H groups in total. The van der Waals surface area contributed by atoms with Crippen molar-refractivity contribution in [2.75, 3.05) is 32.8 Å². The second kappa shape index (κ2) is 16.0. The van der Waals surface area contributed by atoms with E-state index in [0.717, 1.165) is 30.2 Å². The van der Waals surface area contributed by atoms with Crippen molar-refractivity contribution >= 4 is 11.6 Å². The standard InChI is InChI=1S/C27H41ClN2O2/c1-4-7-17-30(18-8-5-2)19-11-16-29-21-23-14-15-26(27(20-23)31-6-3)32-22-24-12-9-10-13-25(24)28/h9-10,12-15,20,29H,4-8,11,16-19,21-22H2,1-3H3. The first-order valence-corrected chi connectivity index (χ1v) is 12.6. The number of benzene rings is 2. The third kappa shape index (κ3) is 9.81. The highest BCUT2D eigenvalue weighted by Gasteiger charge is 2.09. The summed E-state index contributed by atoms with van der Waals surface area (Å²) in [6.07, 6.45) is 6.29. The van der Waals surface area contributed by atoms with Gasteiger partial charge in [-0.15, -0.1) is 0 Å². The van der Waals surface area contributed by atoms with Crippen LogP contribution in [0, 0.1) is 0 Å². The Bertz CT molecular complexity index is 761. The molecule has 0 amide bonds. The molecule has 0 bridgehead atoms. The van der Waals surface area contributed by atoms with Gasteiger partial charge in [-0.05, 0) is 76.1 Å². The second-order valence-electron chi connectivity index (χ2n) is 8.17. The van der Waals surface area contributed by atoms with Crippen molar-refractivity contribution in [2.24, 2.45) is 0 Å². The molecule has 0 saturated carbocycles. The summed E-state index contributed by atoms with van der Waals surface area (Å²) in [4.78, 5) is 2.62. The van der Waals surface area contributed by atoms with E-state index in [0.29, 0.717) is 18.2 Å². The van der Waals surface area contributed by atoms with Gasteiger partial charge in [0.1, 0.15) is 6.61 Å². The molecule has 2 aromatic carbocycles. The van der Waals surface area contributed by atoms with Crippen molar-refractivity contribution < 1.29 is 9.47 Å². The summed E-state index contributed by atoms with van der Waals surface area (Å²) in [6, 6.07) is 13.9. The first-order chi connectivity index (χ1) is 15.7. The smallest absolute Gasteiger partial charge is 0.161 e. The lowest BCUT2D eigenvalue weighted by Gasteiger charge is -2.22. The number of hydrogen-bond donors (Lipinski definition) is 1. The van der Waals surface area contributed by atoms with Gasteiger partial charge in [-0.2, -0.15) is 0 Å². The number of rotatable bonds is 17. The maximum absolute atomic E-state index is 6.25. The maximum Gasteiger partial charge on any atom is 0.161 e. The van der Waals surface area contributed by atoms with Gasteiger partial charge >= 0.3 is 0 Å². The van der Waals surface area contributed by atoms with E-state index < -0.39 is 0 Å². The molecule has 0 aromatic heterocycles. The summed E-state index contributed by atoms with van der Waals surface area (Å²) in [5.74, 6) is 1.53. The third-order valence-corrected chi connectivity index (χ3v) is 5.83. The topological polar surface area (TPSA) is 33.7 Å². The molecule has 0 saturated heterocycles. The summed E-state index contributed by atoms with van der Waals surface area (Å²) in [6.45, 7) is 13.0. The molecule has 0 atom stereocenters. The molecule has 0 aliphatic heterocycles. The molecule has 5 heteroatoms. The quantitative estimate of drug-likeness (QED) is 0.266. The fourth-order valence-electron chi connectivity index (χ4n) is 3.58. The van der Waals surface area contributed by atoms with Crippen LogP contribution in [-0.2, 0) is 13.2 Å². The molecule has 0 unspecified atom stereocenters. The molecule has 4 nitrogen and oxygen atoms in total. The zero-order chi connectivity index (χ0) is 23.0. The molecule has 2 aromatic rings. The Labute approximate surface area is 200 Å². The number of nitrogens with one attached hydrogen (secondary N) is 1. The van der Waals surface area contributed by atoms with Crippen molar-refractivity contribution in [3.63, 3.8) is 0 Å².